The van der Waals surface area contributed by atoms with Crippen molar-refractivity contribution in [1.29, 1.82) is 0 Å². The van der Waals surface area contributed by atoms with Crippen molar-refractivity contribution in [3.63, 3.8) is 0 Å². The van der Waals surface area contributed by atoms with Gasteiger partial charge in [0.15, 0.2) is 0 Å². The van der Waals surface area contributed by atoms with Crippen molar-refractivity contribution in [2.45, 2.75) is 114 Å². The molecular weight excluding hydrogens is 1000 g/mol. The molecule has 0 radical (unpaired) electrons. The van der Waals surface area contributed by atoms with Gasteiger partial charge < -0.3 is 35.1 Å². The van der Waals surface area contributed by atoms with Gasteiger partial charge in [0.25, 0.3) is 21.6 Å². The van der Waals surface area contributed by atoms with Gasteiger partial charge in [-0.15, -0.1) is 0 Å². The maximum atomic E-state index is 14.7. The zero-order chi connectivity index (χ0) is 54.4. The Bertz CT molecular complexity index is 3270. The van der Waals surface area contributed by atoms with Crippen molar-refractivity contribution in [2.75, 3.05) is 61.9 Å². The molecule has 10 rings (SSSR count). The Morgan fingerprint density at radius 1 is 0.974 bits per heavy atom. The number of methoxy groups -OCH3 is 1. The highest BCUT2D eigenvalue weighted by Gasteiger charge is 2.55. The summed E-state index contributed by atoms with van der Waals surface area (Å²) in [7, 11) is -2.93. The van der Waals surface area contributed by atoms with Crippen molar-refractivity contribution in [2.24, 2.45) is 11.3 Å². The van der Waals surface area contributed by atoms with Gasteiger partial charge in [-0.25, -0.2) is 22.5 Å². The van der Waals surface area contributed by atoms with E-state index in [0.717, 1.165) is 88.1 Å². The fourth-order valence-electron chi connectivity index (χ4n) is 12.0. The molecule has 1 atom stereocenters. The summed E-state index contributed by atoms with van der Waals surface area (Å²) in [4.78, 5) is 39.8. The van der Waals surface area contributed by atoms with E-state index in [4.69, 9.17) is 9.47 Å². The number of pyridine rings is 1. The van der Waals surface area contributed by atoms with Crippen molar-refractivity contribution >= 4 is 49.7 Å². The second-order valence-electron chi connectivity index (χ2n) is 22.7. The number of benzene rings is 4. The van der Waals surface area contributed by atoms with Crippen LogP contribution in [0.4, 0.5) is 27.1 Å². The van der Waals surface area contributed by atoms with Gasteiger partial charge in [-0.1, -0.05) is 44.2 Å². The average molecular weight is 1070 g/mol. The SMILES string of the molecule is COc1cc(CN2CCN(C3CC4(C3)CN(c3ccc(C(=O)NS(=O)(=O)c5ccc(NCC6CCC(C)(O)CC6)c([N+](=O)[O-])c5)c(Oc5cnc6[nH]cc(F)c6c5)c3)C4)[C@H](c3ccccc3C(C)C)C2)ccc1NC(C)C. The van der Waals surface area contributed by atoms with Crippen molar-refractivity contribution < 1.29 is 37.1 Å². The lowest BCUT2D eigenvalue weighted by molar-refractivity contribution is -0.384. The number of fused-ring (bicyclic) bond motifs is 1. The Labute approximate surface area is 449 Å². The second kappa shape index (κ2) is 21.6. The molecule has 2 aliphatic heterocycles. The first-order valence-corrected chi connectivity index (χ1v) is 28.3. The summed E-state index contributed by atoms with van der Waals surface area (Å²) in [6.45, 7) is 16.1. The van der Waals surface area contributed by atoms with Crippen molar-refractivity contribution in [3.8, 4) is 17.2 Å². The largest absolute Gasteiger partial charge is 0.495 e. The molecule has 2 saturated heterocycles. The third-order valence-corrected chi connectivity index (χ3v) is 17.5. The van der Waals surface area contributed by atoms with Crippen molar-refractivity contribution in [3.05, 3.63) is 136 Å². The number of hydrogen-bond donors (Lipinski definition) is 5. The van der Waals surface area contributed by atoms with E-state index in [1.807, 2.05) is 0 Å². The number of nitro benzene ring substituents is 1. The quantitative estimate of drug-likeness (QED) is 0.0401. The van der Waals surface area contributed by atoms with Crippen LogP contribution in [0, 0.1) is 27.3 Å². The molecule has 2 saturated carbocycles. The highest BCUT2D eigenvalue weighted by atomic mass is 32.2. The van der Waals surface area contributed by atoms with Gasteiger partial charge in [0, 0.05) is 93.4 Å². The standard InChI is InChI=1S/C58H70FN9O8S/c1-36(2)44-9-7-8-10-45(44)52-33-65(32-39-11-15-50(63-37(3)4)54(23-39)75-6)21-22-67(52)41-27-58(28-41)34-66(35-58)40-12-14-46(53(24-40)76-42-25-47-48(59)31-62-55(47)61-30-42)56(69)64-77(73,74)43-13-16-49(51(26-43)68(71)72)60-29-38-17-19-57(5,70)20-18-38/h7-16,23-26,30-31,36-38,41,52,60,63,70H,17-22,27-29,32-35H2,1-6H3,(H,61,62)(H,64,69)/t38?,52-,57?/m0/s1. The Hall–Kier alpha value is -6.80. The number of aliphatic hydroxyl groups is 1. The third kappa shape index (κ3) is 11.6. The minimum Gasteiger partial charge on any atom is -0.495 e. The number of sulfonamides is 1. The lowest BCUT2D eigenvalue weighted by atomic mass is 9.59. The first-order chi connectivity index (χ1) is 36.8. The summed E-state index contributed by atoms with van der Waals surface area (Å²) >= 11 is 0. The van der Waals surface area contributed by atoms with Gasteiger partial charge in [0.05, 0.1) is 45.4 Å². The van der Waals surface area contributed by atoms with Crippen LogP contribution in [0.2, 0.25) is 0 Å². The van der Waals surface area contributed by atoms with Gasteiger partial charge >= 0.3 is 0 Å². The number of aromatic nitrogens is 2. The smallest absolute Gasteiger partial charge is 0.293 e. The minimum absolute atomic E-state index is 0.0145. The Kier molecular flexibility index (Phi) is 15.0. The summed E-state index contributed by atoms with van der Waals surface area (Å²) in [5.74, 6) is -0.0480. The third-order valence-electron chi connectivity index (χ3n) is 16.2. The number of rotatable bonds is 18. The van der Waals surface area contributed by atoms with Gasteiger partial charge in [-0.05, 0) is 130 Å². The van der Waals surface area contributed by atoms with E-state index in [0.29, 0.717) is 37.0 Å². The number of piperazine rings is 1. The van der Waals surface area contributed by atoms with Crippen LogP contribution in [0.1, 0.15) is 112 Å². The number of carbonyl (C=O) groups excluding carboxylic acids is 1. The number of ether oxygens (including phenoxy) is 2. The first-order valence-electron chi connectivity index (χ1n) is 26.8. The van der Waals surface area contributed by atoms with Crippen LogP contribution < -0.4 is 29.7 Å². The molecule has 6 aromatic rings. The van der Waals surface area contributed by atoms with Crippen LogP contribution in [0.25, 0.3) is 11.0 Å². The second-order valence-corrected chi connectivity index (χ2v) is 24.4. The molecule has 2 aromatic heterocycles. The molecule has 19 heteroatoms. The molecule has 17 nitrogen and oxygen atoms in total. The first kappa shape index (κ1) is 53.6. The highest BCUT2D eigenvalue weighted by Crippen LogP contribution is 2.54. The molecule has 4 heterocycles. The molecular formula is C58H70FN9O8S. The molecule has 4 aromatic carbocycles. The fraction of sp³-hybridized carbons (Fsp3) is 0.448. The normalized spacial score (nSPS) is 21.0. The summed E-state index contributed by atoms with van der Waals surface area (Å²) in [6.07, 6.45) is 7.34. The van der Waals surface area contributed by atoms with E-state index in [-0.39, 0.29) is 51.6 Å². The van der Waals surface area contributed by atoms with Crippen LogP contribution in [-0.4, -0.2) is 108 Å². The van der Waals surface area contributed by atoms with E-state index in [2.05, 4.69) is 110 Å². The number of aromatic amines is 1. The Morgan fingerprint density at radius 2 is 1.73 bits per heavy atom. The number of halogens is 1. The van der Waals surface area contributed by atoms with E-state index < -0.39 is 42.9 Å². The topological polar surface area (TPSA) is 208 Å². The number of nitro groups is 1. The van der Waals surface area contributed by atoms with Crippen molar-refractivity contribution in [1.82, 2.24) is 24.5 Å². The number of anilines is 3. The lowest BCUT2D eigenvalue weighted by Crippen LogP contribution is -2.68. The van der Waals surface area contributed by atoms with E-state index in [1.165, 1.54) is 53.3 Å². The number of nitrogens with one attached hydrogen (secondary N) is 4. The molecule has 2 aliphatic carbocycles. The van der Waals surface area contributed by atoms with Gasteiger partial charge in [-0.3, -0.25) is 24.7 Å². The molecule has 1 spiro atoms. The predicted molar refractivity (Wildman–Crippen MR) is 296 cm³/mol. The molecule has 0 unspecified atom stereocenters. The summed E-state index contributed by atoms with van der Waals surface area (Å²) in [5, 5.41) is 29.4. The number of H-pyrrole nitrogens is 1. The van der Waals surface area contributed by atoms with Crippen LogP contribution in [-0.2, 0) is 16.6 Å². The summed E-state index contributed by atoms with van der Waals surface area (Å²) in [5.41, 5.74) is 4.92. The number of carbonyl (C=O) groups is 1. The van der Waals surface area contributed by atoms with E-state index in [9.17, 15) is 32.8 Å². The van der Waals surface area contributed by atoms with Crippen LogP contribution in [0.5, 0.6) is 17.2 Å². The van der Waals surface area contributed by atoms with Gasteiger partial charge in [-0.2, -0.15) is 0 Å². The number of nitrogens with zero attached hydrogens (tertiary/aromatic N) is 5. The van der Waals surface area contributed by atoms with Crippen LogP contribution in [0.15, 0.2) is 102 Å². The van der Waals surface area contributed by atoms with Gasteiger partial charge in [0.1, 0.15) is 34.4 Å². The summed E-state index contributed by atoms with van der Waals surface area (Å²) in [6, 6.07) is 26.1. The Balaban J connectivity index is 0.844. The van der Waals surface area contributed by atoms with Crippen LogP contribution >= 0.6 is 0 Å². The van der Waals surface area contributed by atoms with Crippen LogP contribution in [0.3, 0.4) is 0 Å². The molecule has 1 amide bonds. The monoisotopic (exact) mass is 1070 g/mol. The fourth-order valence-corrected chi connectivity index (χ4v) is 13.0. The van der Waals surface area contributed by atoms with E-state index in [1.54, 1.807) is 26.2 Å². The zero-order valence-corrected chi connectivity index (χ0v) is 45.5. The summed E-state index contributed by atoms with van der Waals surface area (Å²) < 4.78 is 56.6. The molecule has 4 fully saturated rings. The molecule has 0 bridgehead atoms. The number of hydrogen-bond acceptors (Lipinski definition) is 14. The predicted octanol–water partition coefficient (Wildman–Crippen LogP) is 10.4. The van der Waals surface area contributed by atoms with E-state index >= 15 is 0 Å². The molecule has 408 valence electrons. The average Bonchev–Trinajstić information content (AvgIpc) is 3.76. The zero-order valence-electron chi connectivity index (χ0n) is 44.6. The maximum absolute atomic E-state index is 14.7. The lowest BCUT2D eigenvalue weighted by Gasteiger charge is -2.63. The maximum Gasteiger partial charge on any atom is 0.293 e. The van der Waals surface area contributed by atoms with Gasteiger partial charge in [0.2, 0.25) is 0 Å². The highest BCUT2D eigenvalue weighted by molar-refractivity contribution is 7.90. The Morgan fingerprint density at radius 3 is 2.45 bits per heavy atom. The molecule has 77 heavy (non-hydrogen) atoms. The molecule has 4 aliphatic rings. The minimum atomic E-state index is -4.65. The molecule has 5 N–H and O–H groups in total. The number of amides is 1.